The zero-order chi connectivity index (χ0) is 24.9. The summed E-state index contributed by atoms with van der Waals surface area (Å²) in [6.07, 6.45) is -3.63. The zero-order valence-electron chi connectivity index (χ0n) is 19.3. The summed E-state index contributed by atoms with van der Waals surface area (Å²) in [6, 6.07) is 12.2. The van der Waals surface area contributed by atoms with Crippen LogP contribution in [0.5, 0.6) is 0 Å². The molecular formula is C26H27F3N2O3. The number of carbonyl (C=O) groups is 3. The van der Waals surface area contributed by atoms with Crippen molar-refractivity contribution in [3.05, 3.63) is 65.7 Å². The van der Waals surface area contributed by atoms with E-state index in [0.717, 1.165) is 17.0 Å². The van der Waals surface area contributed by atoms with E-state index in [-0.39, 0.29) is 6.42 Å². The Kier molecular flexibility index (Phi) is 5.82. The van der Waals surface area contributed by atoms with Gasteiger partial charge < -0.3 is 5.32 Å². The van der Waals surface area contributed by atoms with Gasteiger partial charge in [-0.3, -0.25) is 19.3 Å². The first kappa shape index (κ1) is 24.0. The molecule has 1 saturated heterocycles. The van der Waals surface area contributed by atoms with Gasteiger partial charge in [0.25, 0.3) is 0 Å². The third-order valence-corrected chi connectivity index (χ3v) is 7.83. The fourth-order valence-electron chi connectivity index (χ4n) is 5.34. The van der Waals surface area contributed by atoms with E-state index in [4.69, 9.17) is 0 Å². The van der Waals surface area contributed by atoms with Crippen LogP contribution in [0.15, 0.2) is 54.6 Å². The number of imide groups is 1. The number of carbonyl (C=O) groups excluding carboxylic acids is 3. The molecule has 1 N–H and O–H groups in total. The number of hydrogen-bond donors (Lipinski definition) is 1. The number of piperidine rings is 1. The van der Waals surface area contributed by atoms with Crippen molar-refractivity contribution in [3.8, 4) is 0 Å². The number of likely N-dealkylation sites (tertiary alicyclic amines) is 1. The van der Waals surface area contributed by atoms with Crippen molar-refractivity contribution >= 4 is 23.4 Å². The summed E-state index contributed by atoms with van der Waals surface area (Å²) in [5.74, 6) is -2.16. The second kappa shape index (κ2) is 8.25. The Morgan fingerprint density at radius 3 is 2.32 bits per heavy atom. The monoisotopic (exact) mass is 472 g/mol. The standard InChI is InChI=1S/C26H27F3N2O3/c1-24(2)18-13-14-25(24,3)23(34)31(22(18)33)20(15-16-9-5-4-6-10-16)21(32)30-19-12-8-7-11-17(19)26(27,28)29/h4-12,18,20H,13-15H2,1-3H3,(H,30,32). The van der Waals surface area contributed by atoms with Crippen molar-refractivity contribution in [1.82, 2.24) is 4.90 Å². The van der Waals surface area contributed by atoms with E-state index in [9.17, 15) is 27.6 Å². The fourth-order valence-corrected chi connectivity index (χ4v) is 5.34. The smallest absolute Gasteiger partial charge is 0.324 e. The maximum Gasteiger partial charge on any atom is 0.418 e. The molecule has 4 rings (SSSR count). The Labute approximate surface area is 196 Å². The summed E-state index contributed by atoms with van der Waals surface area (Å²) in [7, 11) is 0. The van der Waals surface area contributed by atoms with Gasteiger partial charge in [0, 0.05) is 12.3 Å². The molecule has 3 amide bonds. The van der Waals surface area contributed by atoms with Gasteiger partial charge >= 0.3 is 6.18 Å². The van der Waals surface area contributed by atoms with Gasteiger partial charge in [0.2, 0.25) is 17.7 Å². The quantitative estimate of drug-likeness (QED) is 0.618. The van der Waals surface area contributed by atoms with Crippen LogP contribution in [0.4, 0.5) is 18.9 Å². The van der Waals surface area contributed by atoms with Crippen molar-refractivity contribution in [3.63, 3.8) is 0 Å². The van der Waals surface area contributed by atoms with Gasteiger partial charge in [-0.05, 0) is 36.0 Å². The molecule has 8 heteroatoms. The molecule has 2 aromatic rings. The summed E-state index contributed by atoms with van der Waals surface area (Å²) in [4.78, 5) is 41.7. The predicted molar refractivity (Wildman–Crippen MR) is 120 cm³/mol. The minimum absolute atomic E-state index is 0.00155. The first-order valence-corrected chi connectivity index (χ1v) is 11.3. The van der Waals surface area contributed by atoms with Gasteiger partial charge in [-0.2, -0.15) is 13.2 Å². The largest absolute Gasteiger partial charge is 0.418 e. The Bertz CT molecular complexity index is 1130. The third-order valence-electron chi connectivity index (χ3n) is 7.83. The highest BCUT2D eigenvalue weighted by molar-refractivity contribution is 6.09. The molecule has 3 atom stereocenters. The average Bonchev–Trinajstić information content (AvgIpc) is 2.96. The third kappa shape index (κ3) is 3.79. The van der Waals surface area contributed by atoms with E-state index in [1.54, 1.807) is 30.3 Å². The van der Waals surface area contributed by atoms with Gasteiger partial charge in [0.1, 0.15) is 6.04 Å². The number of fused-ring (bicyclic) bond motifs is 2. The molecular weight excluding hydrogens is 445 g/mol. The normalized spacial score (nSPS) is 24.8. The van der Waals surface area contributed by atoms with Crippen molar-refractivity contribution in [1.29, 1.82) is 0 Å². The summed E-state index contributed by atoms with van der Waals surface area (Å²) in [5.41, 5.74) is -2.13. The molecule has 180 valence electrons. The number of alkyl halides is 3. The van der Waals surface area contributed by atoms with Crippen molar-refractivity contribution in [2.75, 3.05) is 5.32 Å². The van der Waals surface area contributed by atoms with E-state index >= 15 is 0 Å². The van der Waals surface area contributed by atoms with E-state index in [1.165, 1.54) is 12.1 Å². The summed E-state index contributed by atoms with van der Waals surface area (Å²) in [6.45, 7) is 5.60. The molecule has 1 saturated carbocycles. The van der Waals surface area contributed by atoms with Gasteiger partial charge in [-0.25, -0.2) is 0 Å². The first-order valence-electron chi connectivity index (χ1n) is 11.3. The minimum Gasteiger partial charge on any atom is -0.324 e. The number of nitrogens with zero attached hydrogens (tertiary/aromatic N) is 1. The van der Waals surface area contributed by atoms with Crippen LogP contribution in [0, 0.1) is 16.7 Å². The summed E-state index contributed by atoms with van der Waals surface area (Å²) >= 11 is 0. The van der Waals surface area contributed by atoms with Gasteiger partial charge in [-0.1, -0.05) is 63.2 Å². The number of halogens is 3. The second-order valence-corrected chi connectivity index (χ2v) is 9.90. The molecule has 0 spiro atoms. The summed E-state index contributed by atoms with van der Waals surface area (Å²) in [5, 5.41) is 2.35. The van der Waals surface area contributed by atoms with E-state index in [2.05, 4.69) is 5.32 Å². The fraction of sp³-hybridized carbons (Fsp3) is 0.423. The number of benzene rings is 2. The Morgan fingerprint density at radius 1 is 1.06 bits per heavy atom. The summed E-state index contributed by atoms with van der Waals surface area (Å²) < 4.78 is 40.5. The first-order chi connectivity index (χ1) is 15.9. The molecule has 2 fully saturated rings. The highest BCUT2D eigenvalue weighted by atomic mass is 19.4. The van der Waals surface area contributed by atoms with Crippen LogP contribution in [-0.4, -0.2) is 28.7 Å². The lowest BCUT2D eigenvalue weighted by atomic mass is 9.62. The molecule has 1 aliphatic heterocycles. The van der Waals surface area contributed by atoms with Gasteiger partial charge in [-0.15, -0.1) is 0 Å². The molecule has 34 heavy (non-hydrogen) atoms. The average molecular weight is 473 g/mol. The van der Waals surface area contributed by atoms with Crippen molar-refractivity contribution in [2.24, 2.45) is 16.7 Å². The lowest BCUT2D eigenvalue weighted by Gasteiger charge is -2.49. The van der Waals surface area contributed by atoms with Crippen LogP contribution in [0.3, 0.4) is 0 Å². The molecule has 3 unspecified atom stereocenters. The van der Waals surface area contributed by atoms with Crippen molar-refractivity contribution < 1.29 is 27.6 Å². The lowest BCUT2D eigenvalue weighted by molar-refractivity contribution is -0.172. The minimum atomic E-state index is -4.67. The van der Waals surface area contributed by atoms with Gasteiger partial charge in [0.05, 0.1) is 16.7 Å². The molecule has 2 bridgehead atoms. The maximum atomic E-state index is 13.7. The highest BCUT2D eigenvalue weighted by Gasteiger charge is 2.65. The molecule has 1 aliphatic carbocycles. The highest BCUT2D eigenvalue weighted by Crippen LogP contribution is 2.60. The topological polar surface area (TPSA) is 66.5 Å². The molecule has 2 aliphatic rings. The maximum absolute atomic E-state index is 13.7. The van der Waals surface area contributed by atoms with Crippen LogP contribution in [-0.2, 0) is 27.0 Å². The Hall–Kier alpha value is -3.16. The Balaban J connectivity index is 1.74. The lowest BCUT2D eigenvalue weighted by Crippen LogP contribution is -2.64. The van der Waals surface area contributed by atoms with Gasteiger partial charge in [0.15, 0.2) is 0 Å². The van der Waals surface area contributed by atoms with Crippen LogP contribution < -0.4 is 5.32 Å². The SMILES string of the molecule is CC12CCC(C(=O)N(C(Cc3ccccc3)C(=O)Nc3ccccc3C(F)(F)F)C1=O)C2(C)C. The molecule has 1 heterocycles. The second-order valence-electron chi connectivity index (χ2n) is 9.90. The zero-order valence-corrected chi connectivity index (χ0v) is 19.3. The number of para-hydroxylation sites is 1. The number of anilines is 1. The van der Waals surface area contributed by atoms with Crippen molar-refractivity contribution in [2.45, 2.75) is 52.3 Å². The molecule has 0 radical (unpaired) electrons. The number of amides is 3. The van der Waals surface area contributed by atoms with Crippen LogP contribution in [0.1, 0.15) is 44.7 Å². The molecule has 2 aromatic carbocycles. The number of hydrogen-bond acceptors (Lipinski definition) is 3. The van der Waals surface area contributed by atoms with Crippen LogP contribution in [0.25, 0.3) is 0 Å². The number of nitrogens with one attached hydrogen (secondary N) is 1. The Morgan fingerprint density at radius 2 is 1.68 bits per heavy atom. The predicted octanol–water partition coefficient (Wildman–Crippen LogP) is 5.07. The molecule has 5 nitrogen and oxygen atoms in total. The van der Waals surface area contributed by atoms with Crippen LogP contribution in [0.2, 0.25) is 0 Å². The molecule has 0 aromatic heterocycles. The van der Waals surface area contributed by atoms with E-state index in [0.29, 0.717) is 18.4 Å². The number of rotatable bonds is 5. The van der Waals surface area contributed by atoms with Crippen LogP contribution >= 0.6 is 0 Å². The van der Waals surface area contributed by atoms with E-state index < -0.39 is 57.9 Å². The van der Waals surface area contributed by atoms with E-state index in [1.807, 2.05) is 20.8 Å².